The quantitative estimate of drug-likeness (QED) is 0.162. The van der Waals surface area contributed by atoms with Crippen LogP contribution in [0, 0.1) is 0 Å². The Morgan fingerprint density at radius 1 is 0.293 bits per heavy atom. The molecular formula is C56H37NO. The van der Waals surface area contributed by atoms with Gasteiger partial charge in [-0.1, -0.05) is 194 Å². The molecule has 58 heavy (non-hydrogen) atoms. The summed E-state index contributed by atoms with van der Waals surface area (Å²) in [5.41, 5.74) is 14.2. The summed E-state index contributed by atoms with van der Waals surface area (Å²) in [7, 11) is 0. The van der Waals surface area contributed by atoms with E-state index >= 15 is 0 Å². The molecule has 2 heteroatoms. The monoisotopic (exact) mass is 739 g/mol. The highest BCUT2D eigenvalue weighted by molar-refractivity contribution is 6.12. The molecule has 11 rings (SSSR count). The highest BCUT2D eigenvalue weighted by Crippen LogP contribution is 2.48. The number of nitrogens with zero attached hydrogens (tertiary/aromatic N) is 1. The Balaban J connectivity index is 1.16. The Morgan fingerprint density at radius 3 is 1.57 bits per heavy atom. The highest BCUT2D eigenvalue weighted by Gasteiger charge is 2.23. The molecule has 10 aromatic carbocycles. The zero-order chi connectivity index (χ0) is 38.4. The van der Waals surface area contributed by atoms with E-state index in [-0.39, 0.29) is 0 Å². The average molecular weight is 740 g/mol. The van der Waals surface area contributed by atoms with E-state index in [2.05, 4.69) is 223 Å². The van der Waals surface area contributed by atoms with Crippen molar-refractivity contribution in [2.24, 2.45) is 0 Å². The van der Waals surface area contributed by atoms with Crippen molar-refractivity contribution >= 4 is 60.5 Å². The summed E-state index contributed by atoms with van der Waals surface area (Å²) in [4.78, 5) is 2.43. The Bertz CT molecular complexity index is 3270. The second-order valence-electron chi connectivity index (χ2n) is 14.8. The lowest BCUT2D eigenvalue weighted by molar-refractivity contribution is 0.670. The molecule has 0 aliphatic heterocycles. The molecule has 0 saturated heterocycles. The summed E-state index contributed by atoms with van der Waals surface area (Å²) in [5, 5.41) is 7.14. The number of rotatable bonds is 7. The summed E-state index contributed by atoms with van der Waals surface area (Å²) in [5.74, 6) is 0. The Hall–Kier alpha value is -7.68. The van der Waals surface area contributed by atoms with Crippen molar-refractivity contribution in [1.29, 1.82) is 0 Å². The van der Waals surface area contributed by atoms with Gasteiger partial charge in [0.05, 0.1) is 11.4 Å². The zero-order valence-corrected chi connectivity index (χ0v) is 31.7. The zero-order valence-electron chi connectivity index (χ0n) is 31.7. The van der Waals surface area contributed by atoms with Gasteiger partial charge < -0.3 is 9.32 Å². The minimum absolute atomic E-state index is 0.886. The topological polar surface area (TPSA) is 16.4 Å². The average Bonchev–Trinajstić information content (AvgIpc) is 3.69. The third-order valence-corrected chi connectivity index (χ3v) is 11.5. The summed E-state index contributed by atoms with van der Waals surface area (Å²) in [6.45, 7) is 0. The number of hydrogen-bond acceptors (Lipinski definition) is 2. The van der Waals surface area contributed by atoms with Crippen molar-refractivity contribution in [3.8, 4) is 44.5 Å². The minimum Gasteiger partial charge on any atom is -0.455 e. The second kappa shape index (κ2) is 14.1. The number of fused-ring (bicyclic) bond motifs is 5. The summed E-state index contributed by atoms with van der Waals surface area (Å²) < 4.78 is 6.66. The molecule has 0 aliphatic rings. The smallest absolute Gasteiger partial charge is 0.143 e. The molecule has 0 amide bonds. The maximum Gasteiger partial charge on any atom is 0.143 e. The van der Waals surface area contributed by atoms with Gasteiger partial charge in [-0.05, 0) is 79.7 Å². The van der Waals surface area contributed by atoms with Crippen molar-refractivity contribution in [2.75, 3.05) is 4.90 Å². The van der Waals surface area contributed by atoms with E-state index in [9.17, 15) is 0 Å². The van der Waals surface area contributed by atoms with Crippen LogP contribution in [0.25, 0.3) is 88.0 Å². The van der Waals surface area contributed by atoms with E-state index in [1.165, 1.54) is 49.4 Å². The third-order valence-electron chi connectivity index (χ3n) is 11.5. The maximum absolute atomic E-state index is 6.66. The molecule has 0 bridgehead atoms. The van der Waals surface area contributed by atoms with Crippen molar-refractivity contribution in [2.45, 2.75) is 0 Å². The SMILES string of the molecule is c1ccc(-c2cccc3cccc(-c4ccccc4N(c4ccc(-c5cccc6ccccc56)cc4)c4ccccc4-c4cccc5c4oc4ccccc45)c23)cc1. The standard InChI is InChI=1S/C56H37NO/c1-2-16-39(17-3-1)45-27-13-20-41-21-14-28-49(55(41)45)46-23-6-9-31-52(46)57(42-36-34-40(35-37-42)44-26-12-19-38-18-4-5-22-43(38)44)53-32-10-7-24-47(53)50-29-15-30-51-48-25-8-11-33-54(48)58-56(50)51/h1-37H. The Labute approximate surface area is 337 Å². The summed E-state index contributed by atoms with van der Waals surface area (Å²) >= 11 is 0. The first-order valence-electron chi connectivity index (χ1n) is 19.8. The van der Waals surface area contributed by atoms with Crippen LogP contribution in [0.2, 0.25) is 0 Å². The van der Waals surface area contributed by atoms with Crippen LogP contribution in [-0.4, -0.2) is 0 Å². The van der Waals surface area contributed by atoms with Gasteiger partial charge in [-0.2, -0.15) is 0 Å². The van der Waals surface area contributed by atoms with E-state index in [1.807, 2.05) is 6.07 Å². The van der Waals surface area contributed by atoms with Crippen LogP contribution in [0.5, 0.6) is 0 Å². The molecule has 11 aromatic rings. The van der Waals surface area contributed by atoms with Crippen LogP contribution < -0.4 is 4.90 Å². The van der Waals surface area contributed by atoms with Crippen LogP contribution in [-0.2, 0) is 0 Å². The van der Waals surface area contributed by atoms with Gasteiger partial charge in [0, 0.05) is 33.2 Å². The fraction of sp³-hybridized carbons (Fsp3) is 0. The molecule has 0 atom stereocenters. The van der Waals surface area contributed by atoms with Gasteiger partial charge in [0.15, 0.2) is 0 Å². The highest BCUT2D eigenvalue weighted by atomic mass is 16.3. The lowest BCUT2D eigenvalue weighted by Crippen LogP contribution is -2.12. The van der Waals surface area contributed by atoms with Crippen LogP contribution in [0.1, 0.15) is 0 Å². The minimum atomic E-state index is 0.886. The largest absolute Gasteiger partial charge is 0.455 e. The molecule has 0 spiro atoms. The number of benzene rings is 10. The molecule has 0 saturated carbocycles. The molecule has 0 radical (unpaired) electrons. The molecule has 272 valence electrons. The Kier molecular flexibility index (Phi) is 8.19. The van der Waals surface area contributed by atoms with Crippen LogP contribution >= 0.6 is 0 Å². The molecule has 0 unspecified atom stereocenters. The lowest BCUT2D eigenvalue weighted by Gasteiger charge is -2.30. The van der Waals surface area contributed by atoms with Crippen molar-refractivity contribution in [3.05, 3.63) is 224 Å². The van der Waals surface area contributed by atoms with Gasteiger partial charge >= 0.3 is 0 Å². The van der Waals surface area contributed by atoms with Gasteiger partial charge in [0.2, 0.25) is 0 Å². The van der Waals surface area contributed by atoms with Crippen LogP contribution in [0.3, 0.4) is 0 Å². The van der Waals surface area contributed by atoms with Crippen LogP contribution in [0.15, 0.2) is 229 Å². The van der Waals surface area contributed by atoms with Gasteiger partial charge in [-0.25, -0.2) is 0 Å². The number of hydrogen-bond donors (Lipinski definition) is 0. The molecule has 0 aliphatic carbocycles. The fourth-order valence-corrected chi connectivity index (χ4v) is 8.85. The van der Waals surface area contributed by atoms with E-state index < -0.39 is 0 Å². The second-order valence-corrected chi connectivity index (χ2v) is 14.8. The molecule has 1 aromatic heterocycles. The molecule has 0 fully saturated rings. The van der Waals surface area contributed by atoms with Gasteiger partial charge in [0.25, 0.3) is 0 Å². The first-order valence-corrected chi connectivity index (χ1v) is 19.8. The van der Waals surface area contributed by atoms with Crippen molar-refractivity contribution in [1.82, 2.24) is 0 Å². The summed E-state index contributed by atoms with van der Waals surface area (Å²) in [6, 6.07) is 80.7. The predicted octanol–water partition coefficient (Wildman–Crippen LogP) is 16.0. The third kappa shape index (κ3) is 5.66. The number of furan rings is 1. The van der Waals surface area contributed by atoms with Crippen molar-refractivity contribution < 1.29 is 4.42 Å². The molecular weight excluding hydrogens is 703 g/mol. The summed E-state index contributed by atoms with van der Waals surface area (Å²) in [6.07, 6.45) is 0. The van der Waals surface area contributed by atoms with E-state index in [0.717, 1.165) is 55.7 Å². The van der Waals surface area contributed by atoms with E-state index in [0.29, 0.717) is 0 Å². The normalized spacial score (nSPS) is 11.4. The first-order chi connectivity index (χ1) is 28.8. The maximum atomic E-state index is 6.66. The van der Waals surface area contributed by atoms with Gasteiger partial charge in [0.1, 0.15) is 11.2 Å². The Morgan fingerprint density at radius 2 is 0.793 bits per heavy atom. The number of para-hydroxylation sites is 4. The van der Waals surface area contributed by atoms with E-state index in [1.54, 1.807) is 0 Å². The van der Waals surface area contributed by atoms with Gasteiger partial charge in [-0.15, -0.1) is 0 Å². The molecule has 1 heterocycles. The molecule has 2 nitrogen and oxygen atoms in total. The molecule has 0 N–H and O–H groups in total. The first kappa shape index (κ1) is 33.6. The van der Waals surface area contributed by atoms with Gasteiger partial charge in [-0.3, -0.25) is 0 Å². The van der Waals surface area contributed by atoms with E-state index in [4.69, 9.17) is 4.42 Å². The predicted molar refractivity (Wildman–Crippen MR) is 245 cm³/mol. The van der Waals surface area contributed by atoms with Crippen molar-refractivity contribution in [3.63, 3.8) is 0 Å². The number of anilines is 3. The fourth-order valence-electron chi connectivity index (χ4n) is 8.85. The van der Waals surface area contributed by atoms with Crippen LogP contribution in [0.4, 0.5) is 17.1 Å². The lowest BCUT2D eigenvalue weighted by atomic mass is 9.90.